The topological polar surface area (TPSA) is 131 Å². The zero-order valence-corrected chi connectivity index (χ0v) is 14.5. The molecule has 3 heterocycles. The van der Waals surface area contributed by atoms with Crippen molar-refractivity contribution >= 4 is 44.8 Å². The Morgan fingerprint density at radius 3 is 2.72 bits per heavy atom. The van der Waals surface area contributed by atoms with Gasteiger partial charge in [0.15, 0.2) is 0 Å². The quantitative estimate of drug-likeness (QED) is 0.664. The summed E-state index contributed by atoms with van der Waals surface area (Å²) in [6.45, 7) is 3.89. The van der Waals surface area contributed by atoms with Crippen molar-refractivity contribution in [3.63, 3.8) is 0 Å². The maximum atomic E-state index is 12.6. The van der Waals surface area contributed by atoms with Gasteiger partial charge in [0.05, 0.1) is 11.3 Å². The Morgan fingerprint density at radius 1 is 1.36 bits per heavy atom. The van der Waals surface area contributed by atoms with Crippen LogP contribution in [0, 0.1) is 11.3 Å². The lowest BCUT2D eigenvalue weighted by Crippen LogP contribution is -2.13. The molecule has 3 aromatic rings. The number of aromatic nitrogens is 2. The molecule has 0 unspecified atom stereocenters. The average molecular weight is 352 g/mol. The number of fused-ring (bicyclic) bond motifs is 1. The van der Waals surface area contributed by atoms with Gasteiger partial charge < -0.3 is 16.8 Å². The summed E-state index contributed by atoms with van der Waals surface area (Å²) in [5.41, 5.74) is 13.5. The van der Waals surface area contributed by atoms with Gasteiger partial charge in [-0.15, -0.1) is 11.3 Å². The van der Waals surface area contributed by atoms with E-state index in [1.807, 2.05) is 13.8 Å². The molecule has 0 aliphatic rings. The van der Waals surface area contributed by atoms with Gasteiger partial charge in [0.25, 0.3) is 5.91 Å². The predicted molar refractivity (Wildman–Crippen MR) is 99.4 cm³/mol. The number of anilines is 3. The van der Waals surface area contributed by atoms with Gasteiger partial charge >= 0.3 is 0 Å². The summed E-state index contributed by atoms with van der Waals surface area (Å²) in [5.74, 6) is 0.215. The van der Waals surface area contributed by atoms with Crippen molar-refractivity contribution in [2.24, 2.45) is 0 Å². The minimum absolute atomic E-state index is 0.00560. The van der Waals surface area contributed by atoms with Crippen LogP contribution in [0.2, 0.25) is 0 Å². The third-order valence-electron chi connectivity index (χ3n) is 3.75. The van der Waals surface area contributed by atoms with E-state index in [2.05, 4.69) is 21.4 Å². The molecule has 0 saturated heterocycles. The molecule has 0 atom stereocenters. The van der Waals surface area contributed by atoms with Crippen LogP contribution in [0.15, 0.2) is 24.4 Å². The molecular formula is C17H16N6OS. The Hall–Kier alpha value is -3.18. The average Bonchev–Trinajstić information content (AvgIpc) is 2.90. The van der Waals surface area contributed by atoms with Gasteiger partial charge in [0.2, 0.25) is 0 Å². The van der Waals surface area contributed by atoms with Gasteiger partial charge in [0, 0.05) is 11.6 Å². The van der Waals surface area contributed by atoms with E-state index in [9.17, 15) is 10.1 Å². The number of nitrogen functional groups attached to an aromatic ring is 2. The minimum Gasteiger partial charge on any atom is -0.397 e. The van der Waals surface area contributed by atoms with Crippen molar-refractivity contribution < 1.29 is 4.79 Å². The second-order valence-corrected chi connectivity index (χ2v) is 6.75. The highest BCUT2D eigenvalue weighted by Gasteiger charge is 2.24. The van der Waals surface area contributed by atoms with Crippen molar-refractivity contribution in [2.45, 2.75) is 19.8 Å². The lowest BCUT2D eigenvalue weighted by Gasteiger charge is -2.12. The highest BCUT2D eigenvalue weighted by Crippen LogP contribution is 2.40. The molecule has 0 aromatic carbocycles. The highest BCUT2D eigenvalue weighted by atomic mass is 32.1. The molecule has 5 N–H and O–H groups in total. The standard InChI is InChI=1S/C17H16N6OS/c1-8(2)11-9(7-18)15(20)23-17-12(11)13(19)14(25-17)16(24)22-10-5-3-4-6-21-10/h3-6,8H,19H2,1-2H3,(H2,20,23)(H,21,22,24). The number of thiophene rings is 1. The van der Waals surface area contributed by atoms with Gasteiger partial charge in [0.1, 0.15) is 27.4 Å². The van der Waals surface area contributed by atoms with Crippen LogP contribution >= 0.6 is 11.3 Å². The first-order valence-corrected chi connectivity index (χ1v) is 8.39. The summed E-state index contributed by atoms with van der Waals surface area (Å²) in [4.78, 5) is 21.8. The van der Waals surface area contributed by atoms with E-state index in [-0.39, 0.29) is 17.6 Å². The van der Waals surface area contributed by atoms with Crippen LogP contribution in [0.5, 0.6) is 0 Å². The lowest BCUT2D eigenvalue weighted by atomic mass is 9.95. The monoisotopic (exact) mass is 352 g/mol. The lowest BCUT2D eigenvalue weighted by molar-refractivity contribution is 0.103. The molecular weight excluding hydrogens is 336 g/mol. The summed E-state index contributed by atoms with van der Waals surface area (Å²) in [6, 6.07) is 7.31. The zero-order chi connectivity index (χ0) is 18.1. The number of carbonyl (C=O) groups is 1. The van der Waals surface area contributed by atoms with E-state index < -0.39 is 0 Å². The Labute approximate surface area is 148 Å². The van der Waals surface area contributed by atoms with Crippen molar-refractivity contribution in [3.8, 4) is 6.07 Å². The Morgan fingerprint density at radius 2 is 2.12 bits per heavy atom. The van der Waals surface area contributed by atoms with Gasteiger partial charge in [-0.3, -0.25) is 4.79 Å². The number of carbonyl (C=O) groups excluding carboxylic acids is 1. The first kappa shape index (κ1) is 16.7. The number of rotatable bonds is 3. The number of amides is 1. The molecule has 7 nitrogen and oxygen atoms in total. The maximum absolute atomic E-state index is 12.6. The SMILES string of the molecule is CC(C)c1c(C#N)c(N)nc2sc(C(=O)Nc3ccccn3)c(N)c12. The summed E-state index contributed by atoms with van der Waals surface area (Å²) < 4.78 is 0. The van der Waals surface area contributed by atoms with Crippen LogP contribution in [0.3, 0.4) is 0 Å². The van der Waals surface area contributed by atoms with E-state index in [1.54, 1.807) is 24.4 Å². The first-order valence-electron chi connectivity index (χ1n) is 7.57. The first-order chi connectivity index (χ1) is 11.9. The molecule has 0 radical (unpaired) electrons. The van der Waals surface area contributed by atoms with E-state index in [0.29, 0.717) is 32.2 Å². The second kappa shape index (κ2) is 6.37. The summed E-state index contributed by atoms with van der Waals surface area (Å²) >= 11 is 1.15. The normalized spacial score (nSPS) is 10.8. The van der Waals surface area contributed by atoms with Crippen LogP contribution in [0.25, 0.3) is 10.2 Å². The molecule has 0 fully saturated rings. The van der Waals surface area contributed by atoms with Crippen LogP contribution in [0.1, 0.15) is 40.6 Å². The number of nitrogens with one attached hydrogen (secondary N) is 1. The summed E-state index contributed by atoms with van der Waals surface area (Å²) in [6.07, 6.45) is 1.59. The molecule has 1 amide bonds. The van der Waals surface area contributed by atoms with Crippen LogP contribution in [-0.4, -0.2) is 15.9 Å². The van der Waals surface area contributed by atoms with Crippen molar-refractivity contribution in [1.82, 2.24) is 9.97 Å². The van der Waals surface area contributed by atoms with Gasteiger partial charge in [-0.05, 0) is 23.6 Å². The summed E-state index contributed by atoms with van der Waals surface area (Å²) in [7, 11) is 0. The van der Waals surface area contributed by atoms with Crippen LogP contribution in [0.4, 0.5) is 17.3 Å². The molecule has 0 aliphatic carbocycles. The molecule has 0 bridgehead atoms. The molecule has 0 aliphatic heterocycles. The molecule has 8 heteroatoms. The second-order valence-electron chi connectivity index (χ2n) is 5.75. The Balaban J connectivity index is 2.16. The maximum Gasteiger partial charge on any atom is 0.269 e. The fourth-order valence-electron chi connectivity index (χ4n) is 2.67. The van der Waals surface area contributed by atoms with E-state index in [4.69, 9.17) is 11.5 Å². The molecule has 0 spiro atoms. The van der Waals surface area contributed by atoms with Crippen molar-refractivity contribution in [2.75, 3.05) is 16.8 Å². The predicted octanol–water partition coefficient (Wildman–Crippen LogP) is 3.10. The van der Waals surface area contributed by atoms with Crippen molar-refractivity contribution in [3.05, 3.63) is 40.4 Å². The molecule has 126 valence electrons. The summed E-state index contributed by atoms with van der Waals surface area (Å²) in [5, 5.41) is 12.7. The number of nitrogens with two attached hydrogens (primary N) is 2. The third kappa shape index (κ3) is 2.86. The zero-order valence-electron chi connectivity index (χ0n) is 13.7. The van der Waals surface area contributed by atoms with Gasteiger partial charge in [-0.25, -0.2) is 9.97 Å². The fourth-order valence-corrected chi connectivity index (χ4v) is 3.69. The Kier molecular flexibility index (Phi) is 4.25. The number of pyridine rings is 2. The molecule has 3 rings (SSSR count). The third-order valence-corrected chi connectivity index (χ3v) is 4.84. The molecule has 25 heavy (non-hydrogen) atoms. The largest absolute Gasteiger partial charge is 0.397 e. The molecule has 3 aromatic heterocycles. The van der Waals surface area contributed by atoms with Gasteiger partial charge in [-0.1, -0.05) is 19.9 Å². The van der Waals surface area contributed by atoms with Crippen LogP contribution < -0.4 is 16.8 Å². The smallest absolute Gasteiger partial charge is 0.269 e. The van der Waals surface area contributed by atoms with E-state index in [0.717, 1.165) is 16.9 Å². The number of nitrogens with zero attached hydrogens (tertiary/aromatic N) is 3. The van der Waals surface area contributed by atoms with Crippen LogP contribution in [-0.2, 0) is 0 Å². The highest BCUT2D eigenvalue weighted by molar-refractivity contribution is 7.21. The minimum atomic E-state index is -0.369. The number of nitriles is 1. The van der Waals surface area contributed by atoms with Crippen molar-refractivity contribution in [1.29, 1.82) is 5.26 Å². The number of hydrogen-bond donors (Lipinski definition) is 3. The fraction of sp³-hybridized carbons (Fsp3) is 0.176. The molecule has 0 saturated carbocycles. The van der Waals surface area contributed by atoms with Gasteiger partial charge in [-0.2, -0.15) is 5.26 Å². The number of hydrogen-bond acceptors (Lipinski definition) is 7. The van der Waals surface area contributed by atoms with E-state index >= 15 is 0 Å². The van der Waals surface area contributed by atoms with E-state index in [1.165, 1.54) is 0 Å². The Bertz CT molecular complexity index is 1000.